The summed E-state index contributed by atoms with van der Waals surface area (Å²) in [5, 5.41) is 3.00. The van der Waals surface area contributed by atoms with E-state index in [-0.39, 0.29) is 12.5 Å². The molecule has 5 heteroatoms. The minimum Gasteiger partial charge on any atom is -0.484 e. The summed E-state index contributed by atoms with van der Waals surface area (Å²) in [6.07, 6.45) is 2.25. The van der Waals surface area contributed by atoms with Gasteiger partial charge in [-0.25, -0.2) is 0 Å². The summed E-state index contributed by atoms with van der Waals surface area (Å²) in [6, 6.07) is 6.00. The molecule has 1 fully saturated rings. The van der Waals surface area contributed by atoms with Crippen molar-refractivity contribution in [3.63, 3.8) is 0 Å². The fraction of sp³-hybridized carbons (Fsp3) is 0.632. The zero-order valence-electron chi connectivity index (χ0n) is 15.1. The number of benzene rings is 1. The highest BCUT2D eigenvalue weighted by molar-refractivity contribution is 5.77. The fourth-order valence-corrected chi connectivity index (χ4v) is 3.11. The van der Waals surface area contributed by atoms with Gasteiger partial charge in [0.1, 0.15) is 5.75 Å². The Kier molecular flexibility index (Phi) is 7.53. The van der Waals surface area contributed by atoms with E-state index in [2.05, 4.69) is 16.3 Å². The lowest BCUT2D eigenvalue weighted by atomic mass is 9.97. The number of nitrogens with one attached hydrogen (secondary N) is 1. The molecular formula is C19H30N2O3. The van der Waals surface area contributed by atoms with Crippen LogP contribution in [0.5, 0.6) is 5.75 Å². The molecule has 134 valence electrons. The van der Waals surface area contributed by atoms with E-state index in [4.69, 9.17) is 9.47 Å². The van der Waals surface area contributed by atoms with Crippen molar-refractivity contribution in [2.75, 3.05) is 46.5 Å². The van der Waals surface area contributed by atoms with Gasteiger partial charge in [-0.1, -0.05) is 6.07 Å². The molecule has 0 saturated carbocycles. The first-order valence-corrected chi connectivity index (χ1v) is 8.76. The lowest BCUT2D eigenvalue weighted by molar-refractivity contribution is -0.123. The SMILES string of the molecule is COCCN1CCC(CNC(=O)COc2cc(C)cc(C)c2)CC1. The quantitative estimate of drug-likeness (QED) is 0.791. The summed E-state index contributed by atoms with van der Waals surface area (Å²) >= 11 is 0. The fourth-order valence-electron chi connectivity index (χ4n) is 3.11. The summed E-state index contributed by atoms with van der Waals surface area (Å²) < 4.78 is 10.7. The molecular weight excluding hydrogens is 304 g/mol. The van der Waals surface area contributed by atoms with Crippen molar-refractivity contribution in [2.24, 2.45) is 5.92 Å². The van der Waals surface area contributed by atoms with Crippen LogP contribution < -0.4 is 10.1 Å². The third-order valence-electron chi connectivity index (χ3n) is 4.47. The topological polar surface area (TPSA) is 50.8 Å². The number of methoxy groups -OCH3 is 1. The molecule has 1 saturated heterocycles. The smallest absolute Gasteiger partial charge is 0.257 e. The second-order valence-corrected chi connectivity index (χ2v) is 6.69. The Bertz CT molecular complexity index is 505. The Morgan fingerprint density at radius 2 is 1.88 bits per heavy atom. The third kappa shape index (κ3) is 6.49. The minimum atomic E-state index is -0.0454. The maximum Gasteiger partial charge on any atom is 0.257 e. The molecule has 1 heterocycles. The molecule has 5 nitrogen and oxygen atoms in total. The third-order valence-corrected chi connectivity index (χ3v) is 4.47. The van der Waals surface area contributed by atoms with Gasteiger partial charge >= 0.3 is 0 Å². The molecule has 1 aliphatic heterocycles. The molecule has 0 radical (unpaired) electrons. The van der Waals surface area contributed by atoms with Crippen LogP contribution in [0.15, 0.2) is 18.2 Å². The van der Waals surface area contributed by atoms with E-state index >= 15 is 0 Å². The first-order valence-electron chi connectivity index (χ1n) is 8.76. The monoisotopic (exact) mass is 334 g/mol. The maximum atomic E-state index is 12.0. The number of carbonyl (C=O) groups is 1. The minimum absolute atomic E-state index is 0.0454. The molecule has 1 N–H and O–H groups in total. The summed E-state index contributed by atoms with van der Waals surface area (Å²) in [5.74, 6) is 1.28. The van der Waals surface area contributed by atoms with Crippen LogP contribution in [-0.2, 0) is 9.53 Å². The summed E-state index contributed by atoms with van der Waals surface area (Å²) in [6.45, 7) is 8.84. The van der Waals surface area contributed by atoms with Crippen LogP contribution in [0.3, 0.4) is 0 Å². The number of nitrogens with zero attached hydrogens (tertiary/aromatic N) is 1. The number of hydrogen-bond donors (Lipinski definition) is 1. The second kappa shape index (κ2) is 9.64. The van der Waals surface area contributed by atoms with E-state index in [1.807, 2.05) is 26.0 Å². The Hall–Kier alpha value is -1.59. The van der Waals surface area contributed by atoms with E-state index in [0.29, 0.717) is 5.92 Å². The highest BCUT2D eigenvalue weighted by Crippen LogP contribution is 2.17. The van der Waals surface area contributed by atoms with Gasteiger partial charge in [-0.2, -0.15) is 0 Å². The van der Waals surface area contributed by atoms with Crippen LogP contribution in [0.1, 0.15) is 24.0 Å². The average molecular weight is 334 g/mol. The normalized spacial score (nSPS) is 16.1. The highest BCUT2D eigenvalue weighted by Gasteiger charge is 2.19. The molecule has 2 rings (SSSR count). The number of likely N-dealkylation sites (tertiary alicyclic amines) is 1. The van der Waals surface area contributed by atoms with E-state index in [0.717, 1.165) is 62.5 Å². The summed E-state index contributed by atoms with van der Waals surface area (Å²) in [4.78, 5) is 14.4. The van der Waals surface area contributed by atoms with Gasteiger partial charge in [-0.05, 0) is 69.0 Å². The molecule has 0 unspecified atom stereocenters. The molecule has 0 bridgehead atoms. The number of piperidine rings is 1. The number of aryl methyl sites for hydroxylation is 2. The summed E-state index contributed by atoms with van der Waals surface area (Å²) in [5.41, 5.74) is 2.29. The number of rotatable bonds is 8. The lowest BCUT2D eigenvalue weighted by Crippen LogP contribution is -2.40. The average Bonchev–Trinajstić information content (AvgIpc) is 2.56. The van der Waals surface area contributed by atoms with Crippen LogP contribution in [0, 0.1) is 19.8 Å². The van der Waals surface area contributed by atoms with Crippen LogP contribution >= 0.6 is 0 Å². The molecule has 1 aliphatic rings. The first-order chi connectivity index (χ1) is 11.6. The van der Waals surface area contributed by atoms with Crippen molar-refractivity contribution in [1.29, 1.82) is 0 Å². The van der Waals surface area contributed by atoms with E-state index < -0.39 is 0 Å². The van der Waals surface area contributed by atoms with Gasteiger partial charge in [0.15, 0.2) is 6.61 Å². The maximum absolute atomic E-state index is 12.0. The zero-order valence-corrected chi connectivity index (χ0v) is 15.1. The Morgan fingerprint density at radius 1 is 1.21 bits per heavy atom. The summed E-state index contributed by atoms with van der Waals surface area (Å²) in [7, 11) is 1.74. The van der Waals surface area contributed by atoms with Gasteiger partial charge in [0.25, 0.3) is 5.91 Å². The first kappa shape index (κ1) is 18.7. The molecule has 0 aliphatic carbocycles. The molecule has 24 heavy (non-hydrogen) atoms. The van der Waals surface area contributed by atoms with Crippen molar-refractivity contribution >= 4 is 5.91 Å². The highest BCUT2D eigenvalue weighted by atomic mass is 16.5. The standard InChI is InChI=1S/C19H30N2O3/c1-15-10-16(2)12-18(11-15)24-14-19(22)20-13-17-4-6-21(7-5-17)8-9-23-3/h10-12,17H,4-9,13-14H2,1-3H3,(H,20,22). The van der Waals surface area contributed by atoms with E-state index in [9.17, 15) is 4.79 Å². The number of hydrogen-bond acceptors (Lipinski definition) is 4. The largest absolute Gasteiger partial charge is 0.484 e. The Morgan fingerprint density at radius 3 is 2.50 bits per heavy atom. The Balaban J connectivity index is 1.63. The molecule has 1 aromatic rings. The number of carbonyl (C=O) groups excluding carboxylic acids is 1. The molecule has 1 aromatic carbocycles. The number of ether oxygens (including phenoxy) is 2. The van der Waals surface area contributed by atoms with Crippen molar-refractivity contribution in [1.82, 2.24) is 10.2 Å². The van der Waals surface area contributed by atoms with E-state index in [1.54, 1.807) is 7.11 Å². The van der Waals surface area contributed by atoms with Crippen LogP contribution in [0.25, 0.3) is 0 Å². The van der Waals surface area contributed by atoms with Crippen LogP contribution in [0.4, 0.5) is 0 Å². The van der Waals surface area contributed by atoms with Crippen molar-refractivity contribution in [3.05, 3.63) is 29.3 Å². The second-order valence-electron chi connectivity index (χ2n) is 6.69. The molecule has 0 atom stereocenters. The van der Waals surface area contributed by atoms with Gasteiger partial charge in [0.2, 0.25) is 0 Å². The van der Waals surface area contributed by atoms with Gasteiger partial charge in [-0.3, -0.25) is 4.79 Å². The molecule has 1 amide bonds. The predicted molar refractivity (Wildman–Crippen MR) is 95.5 cm³/mol. The predicted octanol–water partition coefficient (Wildman–Crippen LogP) is 2.16. The van der Waals surface area contributed by atoms with Gasteiger partial charge in [0.05, 0.1) is 6.61 Å². The molecule has 0 aromatic heterocycles. The Labute approximate surface area is 145 Å². The van der Waals surface area contributed by atoms with Gasteiger partial charge < -0.3 is 19.7 Å². The number of amides is 1. The van der Waals surface area contributed by atoms with Crippen LogP contribution in [-0.4, -0.2) is 57.3 Å². The molecule has 0 spiro atoms. The zero-order chi connectivity index (χ0) is 17.4. The van der Waals surface area contributed by atoms with Gasteiger partial charge in [0, 0.05) is 20.2 Å². The van der Waals surface area contributed by atoms with Crippen molar-refractivity contribution in [2.45, 2.75) is 26.7 Å². The van der Waals surface area contributed by atoms with Crippen molar-refractivity contribution in [3.8, 4) is 5.75 Å². The lowest BCUT2D eigenvalue weighted by Gasteiger charge is -2.31. The van der Waals surface area contributed by atoms with E-state index in [1.165, 1.54) is 0 Å². The van der Waals surface area contributed by atoms with Gasteiger partial charge in [-0.15, -0.1) is 0 Å². The van der Waals surface area contributed by atoms with Crippen molar-refractivity contribution < 1.29 is 14.3 Å². The van der Waals surface area contributed by atoms with Crippen LogP contribution in [0.2, 0.25) is 0 Å².